The third kappa shape index (κ3) is 8.96. The highest BCUT2D eigenvalue weighted by molar-refractivity contribution is 5.27. The summed E-state index contributed by atoms with van der Waals surface area (Å²) in [6.07, 6.45) is 19.4. The number of hydrogen-bond donors (Lipinski definition) is 0. The van der Waals surface area contributed by atoms with E-state index in [0.29, 0.717) is 0 Å². The van der Waals surface area contributed by atoms with E-state index in [4.69, 9.17) is 0 Å². The van der Waals surface area contributed by atoms with Crippen LogP contribution in [-0.4, -0.2) is 9.13 Å². The van der Waals surface area contributed by atoms with E-state index in [2.05, 4.69) is 107 Å². The first kappa shape index (κ1) is 36.3. The van der Waals surface area contributed by atoms with Gasteiger partial charge in [-0.15, -0.1) is 0 Å². The Balaban J connectivity index is 0.00000264. The summed E-state index contributed by atoms with van der Waals surface area (Å²) in [5, 5.41) is 0. The normalized spacial score (nSPS) is 12.5. The van der Waals surface area contributed by atoms with Crippen molar-refractivity contribution in [1.82, 2.24) is 9.13 Å². The summed E-state index contributed by atoms with van der Waals surface area (Å²) in [5.74, 6) is 0. The van der Waals surface area contributed by atoms with Crippen LogP contribution >= 0.6 is 0 Å². The van der Waals surface area contributed by atoms with E-state index in [1.165, 1.54) is 73.6 Å². The Morgan fingerprint density at radius 3 is 1.30 bits per heavy atom. The molecule has 0 spiro atoms. The van der Waals surface area contributed by atoms with E-state index < -0.39 is 0 Å². The second-order valence-electron chi connectivity index (χ2n) is 12.6. The van der Waals surface area contributed by atoms with Gasteiger partial charge < -0.3 is 34.0 Å². The topological polar surface area (TPSA) is 17.6 Å². The molecule has 0 unspecified atom stereocenters. The van der Waals surface area contributed by atoms with Crippen LogP contribution in [0.15, 0.2) is 61.2 Å². The quantitative estimate of drug-likeness (QED) is 0.175. The fraction of sp³-hybridized carbons (Fsp3) is 0.526. The van der Waals surface area contributed by atoms with Gasteiger partial charge in [-0.25, -0.2) is 18.3 Å². The zero-order valence-electron chi connectivity index (χ0n) is 27.6. The minimum Gasteiger partial charge on any atom is -1.00 e. The number of nitrogens with zero attached hydrogens (tertiary/aromatic N) is 4. The Kier molecular flexibility index (Phi) is 14.9. The van der Waals surface area contributed by atoms with Gasteiger partial charge >= 0.3 is 0 Å². The molecule has 8 bridgehead atoms. The van der Waals surface area contributed by atoms with Crippen molar-refractivity contribution in [3.8, 4) is 0 Å². The first-order valence-electron chi connectivity index (χ1n) is 17.0. The lowest BCUT2D eigenvalue weighted by molar-refractivity contribution is -0.696. The Labute approximate surface area is 288 Å². The molecule has 0 amide bonds. The van der Waals surface area contributed by atoms with E-state index >= 15 is 0 Å². The molecule has 0 radical (unpaired) electrons. The van der Waals surface area contributed by atoms with Crippen LogP contribution in [0, 0.1) is 0 Å². The molecule has 4 aromatic rings. The highest BCUT2D eigenvalue weighted by atomic mass is 79.9. The van der Waals surface area contributed by atoms with Crippen molar-refractivity contribution in [3.63, 3.8) is 0 Å². The fourth-order valence-corrected chi connectivity index (χ4v) is 6.79. The lowest BCUT2D eigenvalue weighted by Gasteiger charge is -2.08. The molecule has 240 valence electrons. The molecule has 0 atom stereocenters. The number of imidazole rings is 2. The molecule has 0 aliphatic carbocycles. The molecule has 0 saturated heterocycles. The summed E-state index contributed by atoms with van der Waals surface area (Å²) < 4.78 is 10.3. The van der Waals surface area contributed by atoms with Crippen molar-refractivity contribution < 1.29 is 43.1 Å². The number of aromatic nitrogens is 4. The summed E-state index contributed by atoms with van der Waals surface area (Å²) in [5.41, 5.74) is 11.8. The predicted molar refractivity (Wildman–Crippen MR) is 173 cm³/mol. The van der Waals surface area contributed by atoms with E-state index in [9.17, 15) is 0 Å². The van der Waals surface area contributed by atoms with Crippen LogP contribution in [0.5, 0.6) is 0 Å². The molecular formula is C38H54Br2N4. The van der Waals surface area contributed by atoms with E-state index in [0.717, 1.165) is 51.9 Å². The lowest BCUT2D eigenvalue weighted by atomic mass is 10.1. The highest BCUT2D eigenvalue weighted by Gasteiger charge is 2.25. The Bertz CT molecular complexity index is 1250. The molecule has 6 heteroatoms. The van der Waals surface area contributed by atoms with Crippen LogP contribution in [0.4, 0.5) is 0 Å². The van der Waals surface area contributed by atoms with Crippen molar-refractivity contribution in [2.75, 3.05) is 0 Å². The molecule has 44 heavy (non-hydrogen) atoms. The van der Waals surface area contributed by atoms with Gasteiger partial charge in [-0.2, -0.15) is 0 Å². The minimum atomic E-state index is 0. The third-order valence-corrected chi connectivity index (χ3v) is 9.07. The Morgan fingerprint density at radius 1 is 0.523 bits per heavy atom. The number of halogens is 2. The molecule has 2 aromatic heterocycles. The van der Waals surface area contributed by atoms with Crippen molar-refractivity contribution in [1.29, 1.82) is 0 Å². The smallest absolute Gasteiger partial charge is 0.244 e. The second kappa shape index (κ2) is 18.1. The van der Waals surface area contributed by atoms with Gasteiger partial charge in [0.25, 0.3) is 0 Å². The molecular weight excluding hydrogens is 672 g/mol. The molecule has 3 heterocycles. The first-order valence-corrected chi connectivity index (χ1v) is 17.0. The Morgan fingerprint density at radius 2 is 0.886 bits per heavy atom. The highest BCUT2D eigenvalue weighted by Crippen LogP contribution is 2.20. The summed E-state index contributed by atoms with van der Waals surface area (Å²) in [7, 11) is 0. The number of unbranched alkanes of at least 4 members (excludes halogenated alkanes) is 4. The van der Waals surface area contributed by atoms with Crippen molar-refractivity contribution >= 4 is 0 Å². The van der Waals surface area contributed by atoms with Crippen molar-refractivity contribution in [3.05, 3.63) is 106 Å². The molecule has 0 fully saturated rings. The van der Waals surface area contributed by atoms with Gasteiger partial charge in [0.2, 0.25) is 12.7 Å². The molecule has 1 aliphatic heterocycles. The summed E-state index contributed by atoms with van der Waals surface area (Å²) in [6, 6.07) is 18.8. The van der Waals surface area contributed by atoms with Crippen LogP contribution in [-0.2, 0) is 51.9 Å². The first-order chi connectivity index (χ1) is 20.6. The van der Waals surface area contributed by atoms with E-state index in [1.807, 2.05) is 0 Å². The number of rotatable bonds is 12. The van der Waals surface area contributed by atoms with Crippen LogP contribution in [0.1, 0.15) is 124 Å². The molecule has 0 saturated carbocycles. The van der Waals surface area contributed by atoms with Gasteiger partial charge in [-0.05, 0) is 60.1 Å². The van der Waals surface area contributed by atoms with Crippen molar-refractivity contribution in [2.45, 2.75) is 131 Å². The SMILES string of the molecule is CCCCc1c(CCCC)[n+]2cn1Cc1cccc(c1)Cn1c[n+](c(CCCC)c1CCCC)Cc1cccc(c1)C2.[Br-].[Br-]. The number of benzene rings is 2. The van der Waals surface area contributed by atoms with Gasteiger partial charge in [0.1, 0.15) is 49.0 Å². The van der Waals surface area contributed by atoms with Gasteiger partial charge in [0, 0.05) is 25.7 Å². The van der Waals surface area contributed by atoms with Crippen LogP contribution in [0.2, 0.25) is 0 Å². The summed E-state index contributed by atoms with van der Waals surface area (Å²) in [4.78, 5) is 0. The molecule has 1 aliphatic rings. The number of hydrogen-bond acceptors (Lipinski definition) is 0. The van der Waals surface area contributed by atoms with Gasteiger partial charge in [-0.1, -0.05) is 89.8 Å². The standard InChI is InChI=1S/C38H54N4.2BrH/c1-5-9-19-35-36(20-10-6-2)40-26-32-16-14-18-34(24-32)28-42-30-41(37(21-11-7-3)38(42)22-12-8-4)27-33-17-13-15-31(23-33)25-39(35)29-40;;/h13-18,23-24,29-30H,5-12,19-22,25-28H2,1-4H3;2*1H/q+2;;/p-2. The summed E-state index contributed by atoms with van der Waals surface area (Å²) >= 11 is 0. The molecule has 5 rings (SSSR count). The predicted octanol–water partition coefficient (Wildman–Crippen LogP) is 1.75. The molecule has 0 N–H and O–H groups in total. The van der Waals surface area contributed by atoms with Gasteiger partial charge in [0.15, 0.2) is 0 Å². The van der Waals surface area contributed by atoms with Crippen molar-refractivity contribution in [2.24, 2.45) is 0 Å². The minimum absolute atomic E-state index is 0. The number of fused-ring (bicyclic) bond motifs is 8. The maximum absolute atomic E-state index is 2.58. The van der Waals surface area contributed by atoms with Crippen LogP contribution in [0.25, 0.3) is 0 Å². The maximum Gasteiger partial charge on any atom is 0.244 e. The van der Waals surface area contributed by atoms with Gasteiger partial charge in [0.05, 0.1) is 0 Å². The monoisotopic (exact) mass is 724 g/mol. The largest absolute Gasteiger partial charge is 1.00 e. The molecule has 4 nitrogen and oxygen atoms in total. The van der Waals surface area contributed by atoms with E-state index in [1.54, 1.807) is 22.8 Å². The third-order valence-electron chi connectivity index (χ3n) is 9.07. The van der Waals surface area contributed by atoms with Crippen LogP contribution < -0.4 is 43.1 Å². The fourth-order valence-electron chi connectivity index (χ4n) is 6.79. The zero-order chi connectivity index (χ0) is 29.3. The van der Waals surface area contributed by atoms with Crippen LogP contribution in [0.3, 0.4) is 0 Å². The lowest BCUT2D eigenvalue weighted by Crippen LogP contribution is -3.00. The van der Waals surface area contributed by atoms with E-state index in [-0.39, 0.29) is 34.0 Å². The average Bonchev–Trinajstić information content (AvgIpc) is 3.47. The summed E-state index contributed by atoms with van der Waals surface area (Å²) in [6.45, 7) is 13.0. The average molecular weight is 727 g/mol. The second-order valence-corrected chi connectivity index (χ2v) is 12.6. The Hall–Kier alpha value is -2.18. The maximum atomic E-state index is 2.58. The molecule has 2 aromatic carbocycles. The zero-order valence-corrected chi connectivity index (χ0v) is 30.8. The van der Waals surface area contributed by atoms with Gasteiger partial charge in [-0.3, -0.25) is 0 Å².